The Balaban J connectivity index is 1.35. The highest BCUT2D eigenvalue weighted by Crippen LogP contribution is 2.36. The number of hydrogen-bond donors (Lipinski definition) is 1. The number of rotatable bonds is 14. The molecule has 0 fully saturated rings. The van der Waals surface area contributed by atoms with Gasteiger partial charge in [-0.25, -0.2) is 4.79 Å². The zero-order chi connectivity index (χ0) is 39.9. The predicted octanol–water partition coefficient (Wildman–Crippen LogP) is 8.16. The molecule has 0 saturated heterocycles. The second kappa shape index (κ2) is 18.2. The minimum Gasteiger partial charge on any atom is -0.408 e. The summed E-state index contributed by atoms with van der Waals surface area (Å²) in [6.45, 7) is 12.7. The highest BCUT2D eigenvalue weighted by atomic mass is 16.6. The van der Waals surface area contributed by atoms with Crippen molar-refractivity contribution in [2.45, 2.75) is 85.4 Å². The van der Waals surface area contributed by atoms with E-state index in [0.29, 0.717) is 49.5 Å². The molecule has 2 aliphatic rings. The van der Waals surface area contributed by atoms with Gasteiger partial charge in [0, 0.05) is 81.4 Å². The Kier molecular flexibility index (Phi) is 13.2. The standard InChI is InChI=1S/C46H60N6O4/c1-8-10-22-50(23-11-9-2)44(53)38-29-42(49(7)33(38)4)39-27-35-20-24-51(46(55)56-43-19-15-14-18-41(43)47-21-25-48(5)6)30-37(35)28-40(39)45(54)52-31-36-17-13-12-16-34(36)26-32(52)3/h12-19,27-29,32,47H,8-11,20-26,30-31H2,1-7H3/t32-/m1/s1. The highest BCUT2D eigenvalue weighted by Gasteiger charge is 2.33. The van der Waals surface area contributed by atoms with Crippen molar-refractivity contribution in [1.29, 1.82) is 0 Å². The third-order valence-electron chi connectivity index (χ3n) is 11.5. The lowest BCUT2D eigenvalue weighted by Gasteiger charge is -2.36. The molecule has 0 aliphatic carbocycles. The number of para-hydroxylation sites is 2. The first-order valence-corrected chi connectivity index (χ1v) is 20.4. The molecule has 0 radical (unpaired) electrons. The third-order valence-corrected chi connectivity index (χ3v) is 11.5. The summed E-state index contributed by atoms with van der Waals surface area (Å²) in [5.74, 6) is 0.475. The Hall–Kier alpha value is -5.09. The van der Waals surface area contributed by atoms with Crippen molar-refractivity contribution in [3.63, 3.8) is 0 Å². The van der Waals surface area contributed by atoms with E-state index in [1.54, 1.807) is 4.90 Å². The number of nitrogens with zero attached hydrogens (tertiary/aromatic N) is 5. The Morgan fingerprint density at radius 1 is 0.839 bits per heavy atom. The molecule has 56 heavy (non-hydrogen) atoms. The Bertz CT molecular complexity index is 2030. The van der Waals surface area contributed by atoms with Crippen LogP contribution in [0.15, 0.2) is 66.7 Å². The quantitative estimate of drug-likeness (QED) is 0.140. The maximum atomic E-state index is 14.9. The van der Waals surface area contributed by atoms with Gasteiger partial charge in [0.05, 0.1) is 11.3 Å². The monoisotopic (exact) mass is 760 g/mol. The van der Waals surface area contributed by atoms with Crippen LogP contribution in [0.4, 0.5) is 10.5 Å². The van der Waals surface area contributed by atoms with Crippen LogP contribution in [0.3, 0.4) is 0 Å². The maximum absolute atomic E-state index is 14.9. The fourth-order valence-corrected chi connectivity index (χ4v) is 7.89. The van der Waals surface area contributed by atoms with Gasteiger partial charge in [-0.05, 0) is 106 Å². The van der Waals surface area contributed by atoms with Crippen molar-refractivity contribution >= 4 is 23.6 Å². The molecule has 4 aromatic rings. The normalized spacial score (nSPS) is 15.0. The van der Waals surface area contributed by atoms with Crippen LogP contribution < -0.4 is 10.1 Å². The van der Waals surface area contributed by atoms with Crippen LogP contribution >= 0.6 is 0 Å². The van der Waals surface area contributed by atoms with Gasteiger partial charge in [-0.2, -0.15) is 0 Å². The van der Waals surface area contributed by atoms with Gasteiger partial charge in [0.2, 0.25) is 0 Å². The van der Waals surface area contributed by atoms with Gasteiger partial charge < -0.3 is 34.2 Å². The number of unbranched alkanes of at least 4 members (excludes halogenated alkanes) is 2. The van der Waals surface area contributed by atoms with Crippen molar-refractivity contribution in [2.24, 2.45) is 7.05 Å². The number of benzene rings is 3. The number of ether oxygens (including phenoxy) is 1. The van der Waals surface area contributed by atoms with Gasteiger partial charge >= 0.3 is 6.09 Å². The average Bonchev–Trinajstić information content (AvgIpc) is 3.49. The molecule has 298 valence electrons. The fraction of sp³-hybridized carbons (Fsp3) is 0.457. The lowest BCUT2D eigenvalue weighted by atomic mass is 9.90. The van der Waals surface area contributed by atoms with E-state index in [1.165, 1.54) is 5.56 Å². The average molecular weight is 761 g/mol. The summed E-state index contributed by atoms with van der Waals surface area (Å²) >= 11 is 0. The number of anilines is 1. The van der Waals surface area contributed by atoms with E-state index in [4.69, 9.17) is 4.74 Å². The third kappa shape index (κ3) is 8.96. The van der Waals surface area contributed by atoms with E-state index in [2.05, 4.69) is 59.8 Å². The molecule has 3 amide bonds. The van der Waals surface area contributed by atoms with Gasteiger partial charge in [-0.3, -0.25) is 9.59 Å². The minimum absolute atomic E-state index is 0.00265. The molecule has 6 rings (SSSR count). The molecular formula is C46H60N6O4. The van der Waals surface area contributed by atoms with Crippen LogP contribution in [-0.4, -0.2) is 94.9 Å². The van der Waals surface area contributed by atoms with Crippen molar-refractivity contribution in [1.82, 2.24) is 24.2 Å². The number of amides is 3. The number of aromatic nitrogens is 1. The van der Waals surface area contributed by atoms with Gasteiger partial charge in [-0.1, -0.05) is 63.1 Å². The number of fused-ring (bicyclic) bond motifs is 2. The number of carbonyl (C=O) groups excluding carboxylic acids is 3. The molecule has 1 aromatic heterocycles. The maximum Gasteiger partial charge on any atom is 0.415 e. The smallest absolute Gasteiger partial charge is 0.408 e. The molecule has 3 heterocycles. The number of nitrogens with one attached hydrogen (secondary N) is 1. The van der Waals surface area contributed by atoms with Crippen LogP contribution in [0.2, 0.25) is 0 Å². The van der Waals surface area contributed by atoms with Gasteiger partial charge in [0.25, 0.3) is 11.8 Å². The van der Waals surface area contributed by atoms with Crippen LogP contribution in [0.5, 0.6) is 5.75 Å². The lowest BCUT2D eigenvalue weighted by molar-refractivity contribution is 0.0658. The zero-order valence-corrected chi connectivity index (χ0v) is 34.5. The summed E-state index contributed by atoms with van der Waals surface area (Å²) < 4.78 is 8.05. The second-order valence-corrected chi connectivity index (χ2v) is 15.8. The Morgan fingerprint density at radius 3 is 2.25 bits per heavy atom. The fourth-order valence-electron chi connectivity index (χ4n) is 7.89. The van der Waals surface area contributed by atoms with Crippen LogP contribution in [0.25, 0.3) is 11.3 Å². The molecule has 2 aliphatic heterocycles. The summed E-state index contributed by atoms with van der Waals surface area (Å²) in [6, 6.07) is 22.0. The van der Waals surface area contributed by atoms with Crippen LogP contribution in [0, 0.1) is 6.92 Å². The topological polar surface area (TPSA) is 90.4 Å². The van der Waals surface area contributed by atoms with E-state index in [9.17, 15) is 14.4 Å². The van der Waals surface area contributed by atoms with E-state index >= 15 is 0 Å². The number of carbonyl (C=O) groups is 3. The molecule has 1 atom stereocenters. The SMILES string of the molecule is CCCCN(CCCC)C(=O)c1cc(-c2cc3c(cc2C(=O)N2Cc4ccccc4C[C@H]2C)CN(C(=O)Oc2ccccc2NCCN(C)C)CC3)n(C)c1C. The summed E-state index contributed by atoms with van der Waals surface area (Å²) in [4.78, 5) is 50.6. The van der Waals surface area contributed by atoms with E-state index in [1.807, 2.05) is 80.3 Å². The van der Waals surface area contributed by atoms with Crippen molar-refractivity contribution in [2.75, 3.05) is 52.1 Å². The van der Waals surface area contributed by atoms with E-state index < -0.39 is 6.09 Å². The predicted molar refractivity (Wildman–Crippen MR) is 224 cm³/mol. The van der Waals surface area contributed by atoms with E-state index in [-0.39, 0.29) is 17.9 Å². The first-order valence-electron chi connectivity index (χ1n) is 20.4. The lowest BCUT2D eigenvalue weighted by Crippen LogP contribution is -2.43. The Morgan fingerprint density at radius 2 is 1.54 bits per heavy atom. The highest BCUT2D eigenvalue weighted by molar-refractivity contribution is 6.03. The first kappa shape index (κ1) is 40.6. The van der Waals surface area contributed by atoms with Gasteiger partial charge in [-0.15, -0.1) is 0 Å². The van der Waals surface area contributed by atoms with Crippen LogP contribution in [0.1, 0.15) is 95.1 Å². The minimum atomic E-state index is -0.423. The molecule has 10 nitrogen and oxygen atoms in total. The van der Waals surface area contributed by atoms with Crippen molar-refractivity contribution in [3.05, 3.63) is 106 Å². The molecule has 1 N–H and O–H groups in total. The molecular weight excluding hydrogens is 701 g/mol. The number of hydrogen-bond acceptors (Lipinski definition) is 6. The molecule has 0 saturated carbocycles. The summed E-state index contributed by atoms with van der Waals surface area (Å²) in [5, 5.41) is 3.39. The second-order valence-electron chi connectivity index (χ2n) is 15.8. The first-order chi connectivity index (χ1) is 27.0. The molecule has 3 aromatic carbocycles. The van der Waals surface area contributed by atoms with E-state index in [0.717, 1.165) is 91.1 Å². The van der Waals surface area contributed by atoms with Crippen molar-refractivity contribution < 1.29 is 19.1 Å². The molecule has 0 spiro atoms. The molecule has 0 unspecified atom stereocenters. The number of likely N-dealkylation sites (N-methyl/N-ethyl adjacent to an activating group) is 1. The van der Waals surface area contributed by atoms with Crippen LogP contribution in [-0.2, 0) is 33.0 Å². The summed E-state index contributed by atoms with van der Waals surface area (Å²) in [7, 11) is 6.03. The van der Waals surface area contributed by atoms with Gasteiger partial charge in [0.15, 0.2) is 5.75 Å². The van der Waals surface area contributed by atoms with Gasteiger partial charge in [0.1, 0.15) is 0 Å². The summed E-state index contributed by atoms with van der Waals surface area (Å²) in [6.07, 6.45) is 4.92. The molecule has 0 bridgehead atoms. The molecule has 10 heteroatoms. The largest absolute Gasteiger partial charge is 0.415 e. The van der Waals surface area contributed by atoms with Crippen molar-refractivity contribution in [3.8, 4) is 17.0 Å². The summed E-state index contributed by atoms with van der Waals surface area (Å²) in [5.41, 5.74) is 9.00. The zero-order valence-electron chi connectivity index (χ0n) is 34.5. The Labute approximate surface area is 333 Å².